The fourth-order valence-electron chi connectivity index (χ4n) is 4.17. The van der Waals surface area contributed by atoms with Crippen molar-refractivity contribution in [1.82, 2.24) is 9.55 Å². The summed E-state index contributed by atoms with van der Waals surface area (Å²) in [4.78, 5) is 18.0. The van der Waals surface area contributed by atoms with E-state index in [0.29, 0.717) is 41.5 Å². The number of hydrogen-bond acceptors (Lipinski definition) is 8. The van der Waals surface area contributed by atoms with Crippen LogP contribution in [-0.2, 0) is 13.2 Å². The molecule has 1 aliphatic rings. The molecule has 1 aliphatic heterocycles. The minimum Gasteiger partial charge on any atom is -0.506 e. The molecule has 0 saturated carbocycles. The van der Waals surface area contributed by atoms with Gasteiger partial charge in [0.2, 0.25) is 0 Å². The van der Waals surface area contributed by atoms with Crippen LogP contribution in [-0.4, -0.2) is 29.6 Å². The number of anilines is 1. The highest BCUT2D eigenvalue weighted by molar-refractivity contribution is 8.23. The van der Waals surface area contributed by atoms with E-state index in [-0.39, 0.29) is 22.0 Å². The molecule has 0 unspecified atom stereocenters. The van der Waals surface area contributed by atoms with Crippen LogP contribution in [0.15, 0.2) is 80.9 Å². The van der Waals surface area contributed by atoms with E-state index in [1.54, 1.807) is 30.5 Å². The number of nitrogens with zero attached hydrogens (tertiary/aromatic N) is 3. The molecule has 2 aromatic heterocycles. The highest BCUT2D eigenvalue weighted by atomic mass is 32.3. The highest BCUT2D eigenvalue weighted by Crippen LogP contribution is 2.56. The van der Waals surface area contributed by atoms with E-state index in [1.165, 1.54) is 10.6 Å². The Labute approximate surface area is 215 Å². The normalized spacial score (nSPS) is 15.1. The van der Waals surface area contributed by atoms with Gasteiger partial charge in [0, 0.05) is 18.8 Å². The van der Waals surface area contributed by atoms with Gasteiger partial charge in [-0.1, -0.05) is 55.0 Å². The van der Waals surface area contributed by atoms with Gasteiger partial charge in [-0.25, -0.2) is 4.98 Å². The number of nitrogens with one attached hydrogen (secondary N) is 1. The van der Waals surface area contributed by atoms with Crippen molar-refractivity contribution in [2.75, 3.05) is 5.32 Å². The second-order valence-electron chi connectivity index (χ2n) is 9.25. The first-order valence-corrected chi connectivity index (χ1v) is 13.4. The van der Waals surface area contributed by atoms with Crippen LogP contribution in [0.4, 0.5) is 5.69 Å². The molecule has 192 valence electrons. The van der Waals surface area contributed by atoms with Crippen molar-refractivity contribution in [3.05, 3.63) is 88.3 Å². The summed E-state index contributed by atoms with van der Waals surface area (Å²) in [6.07, 6.45) is 2.28. The number of rotatable bonds is 7. The molecule has 9 nitrogen and oxygen atoms in total. The number of aryl methyl sites for hydroxylation is 1. The van der Waals surface area contributed by atoms with Crippen LogP contribution in [0.1, 0.15) is 31.4 Å². The van der Waals surface area contributed by atoms with Gasteiger partial charge in [0.05, 0.1) is 11.1 Å². The largest absolute Gasteiger partial charge is 0.506 e. The second-order valence-corrected chi connectivity index (χ2v) is 10.9. The van der Waals surface area contributed by atoms with E-state index in [9.17, 15) is 19.0 Å². The van der Waals surface area contributed by atoms with Crippen molar-refractivity contribution in [3.8, 4) is 11.5 Å². The van der Waals surface area contributed by atoms with Gasteiger partial charge in [0.1, 0.15) is 34.2 Å². The summed E-state index contributed by atoms with van der Waals surface area (Å²) in [5.41, 5.74) is 1.03. The molecule has 3 heterocycles. The zero-order valence-corrected chi connectivity index (χ0v) is 21.3. The summed E-state index contributed by atoms with van der Waals surface area (Å²) in [6.45, 7) is 4.81. The Morgan fingerprint density at radius 2 is 1.86 bits per heavy atom. The van der Waals surface area contributed by atoms with E-state index in [4.69, 9.17) is 4.74 Å². The summed E-state index contributed by atoms with van der Waals surface area (Å²) in [7, 11) is -3.70. The molecule has 4 aromatic rings. The summed E-state index contributed by atoms with van der Waals surface area (Å²) in [5, 5.41) is 14.5. The van der Waals surface area contributed by atoms with Gasteiger partial charge in [-0.2, -0.15) is 0 Å². The average Bonchev–Trinajstić information content (AvgIpc) is 2.88. The van der Waals surface area contributed by atoms with Crippen LogP contribution < -0.4 is 15.6 Å². The summed E-state index contributed by atoms with van der Waals surface area (Å²) < 4.78 is 33.3. The van der Waals surface area contributed by atoms with Gasteiger partial charge in [-0.05, 0) is 42.2 Å². The van der Waals surface area contributed by atoms with E-state index in [0.717, 1.165) is 12.0 Å². The number of aromatic nitrogens is 2. The van der Waals surface area contributed by atoms with Gasteiger partial charge < -0.3 is 15.2 Å². The van der Waals surface area contributed by atoms with Crippen molar-refractivity contribution >= 4 is 33.3 Å². The molecule has 5 rings (SSSR count). The number of fused-ring (bicyclic) bond motifs is 2. The van der Waals surface area contributed by atoms with E-state index in [1.807, 2.05) is 30.3 Å². The van der Waals surface area contributed by atoms with Crippen LogP contribution in [0.2, 0.25) is 0 Å². The standard InChI is InChI=1S/C27H28N4O5S/c1-17(2)12-14-31-26-20(9-6-13-28-26)24(32)23(27(31)33)25-29-21-11-10-19(15-22(21)37(34,35)30-25)36-16-18-7-4-3-5-8-18/h3-11,13,15,17,32,34-35H,12,14,16H2,1-2H3,(H,29,30). The number of pyridine rings is 2. The van der Waals surface area contributed by atoms with Gasteiger partial charge in [0.15, 0.2) is 5.84 Å². The molecule has 0 bridgehead atoms. The topological polar surface area (TPSA) is 129 Å². The molecule has 0 saturated heterocycles. The number of hydrogen-bond donors (Lipinski definition) is 4. The minimum atomic E-state index is -3.70. The maximum Gasteiger partial charge on any atom is 0.267 e. The molecule has 10 heteroatoms. The molecule has 0 fully saturated rings. The van der Waals surface area contributed by atoms with Gasteiger partial charge in [0.25, 0.3) is 5.56 Å². The lowest BCUT2D eigenvalue weighted by molar-refractivity contribution is 0.305. The highest BCUT2D eigenvalue weighted by Gasteiger charge is 2.31. The Bertz CT molecular complexity index is 1550. The molecule has 0 aliphatic carbocycles. The lowest BCUT2D eigenvalue weighted by Gasteiger charge is -2.34. The summed E-state index contributed by atoms with van der Waals surface area (Å²) in [5.74, 6) is 0.350. The smallest absolute Gasteiger partial charge is 0.267 e. The number of aromatic hydroxyl groups is 1. The molecule has 0 atom stereocenters. The number of benzene rings is 2. The van der Waals surface area contributed by atoms with Crippen LogP contribution in [0.3, 0.4) is 0 Å². The quantitative estimate of drug-likeness (QED) is 0.249. The summed E-state index contributed by atoms with van der Waals surface area (Å²) >= 11 is 0. The minimum absolute atomic E-state index is 0.114. The second kappa shape index (κ2) is 9.89. The van der Waals surface area contributed by atoms with Gasteiger partial charge in [-0.3, -0.25) is 18.5 Å². The first-order valence-electron chi connectivity index (χ1n) is 11.9. The monoisotopic (exact) mass is 520 g/mol. The van der Waals surface area contributed by atoms with Crippen molar-refractivity contribution in [2.45, 2.75) is 38.3 Å². The van der Waals surface area contributed by atoms with Crippen LogP contribution >= 0.6 is 10.8 Å². The zero-order valence-electron chi connectivity index (χ0n) is 20.5. The van der Waals surface area contributed by atoms with E-state index >= 15 is 0 Å². The Morgan fingerprint density at radius 3 is 2.62 bits per heavy atom. The van der Waals surface area contributed by atoms with E-state index in [2.05, 4.69) is 28.5 Å². The third-order valence-electron chi connectivity index (χ3n) is 6.13. The summed E-state index contributed by atoms with van der Waals surface area (Å²) in [6, 6.07) is 17.8. The van der Waals surface area contributed by atoms with Gasteiger partial charge in [-0.15, -0.1) is 4.40 Å². The molecule has 0 amide bonds. The number of ether oxygens (including phenoxy) is 1. The van der Waals surface area contributed by atoms with E-state index < -0.39 is 16.3 Å². The Morgan fingerprint density at radius 1 is 1.08 bits per heavy atom. The lowest BCUT2D eigenvalue weighted by atomic mass is 10.1. The van der Waals surface area contributed by atoms with Crippen molar-refractivity contribution in [1.29, 1.82) is 0 Å². The van der Waals surface area contributed by atoms with Crippen molar-refractivity contribution in [2.24, 2.45) is 10.3 Å². The maximum atomic E-state index is 13.6. The zero-order chi connectivity index (χ0) is 26.2. The molecule has 37 heavy (non-hydrogen) atoms. The number of amidine groups is 1. The third-order valence-corrected chi connectivity index (χ3v) is 7.49. The first-order chi connectivity index (χ1) is 17.7. The van der Waals surface area contributed by atoms with Crippen molar-refractivity contribution in [3.63, 3.8) is 0 Å². The predicted octanol–water partition coefficient (Wildman–Crippen LogP) is 5.62. The van der Waals surface area contributed by atoms with Crippen molar-refractivity contribution < 1.29 is 18.9 Å². The first kappa shape index (κ1) is 24.8. The fraction of sp³-hybridized carbons (Fsp3) is 0.222. The SMILES string of the molecule is CC(C)CCn1c(=O)c(C2=NS(O)(O)c3cc(OCc4ccccc4)ccc3N2)c(O)c2cccnc21. The Kier molecular flexibility index (Phi) is 6.63. The Hall–Kier alpha value is -3.86. The molecular weight excluding hydrogens is 492 g/mol. The lowest BCUT2D eigenvalue weighted by Crippen LogP contribution is -2.32. The fourth-order valence-corrected chi connectivity index (χ4v) is 5.35. The molecule has 2 aromatic carbocycles. The third kappa shape index (κ3) is 4.91. The molecular formula is C27H28N4O5S. The maximum absolute atomic E-state index is 13.6. The van der Waals surface area contributed by atoms with Gasteiger partial charge >= 0.3 is 0 Å². The van der Waals surface area contributed by atoms with Crippen LogP contribution in [0.25, 0.3) is 11.0 Å². The van der Waals surface area contributed by atoms with Crippen LogP contribution in [0, 0.1) is 5.92 Å². The van der Waals surface area contributed by atoms with Crippen LogP contribution in [0.5, 0.6) is 11.5 Å². The predicted molar refractivity (Wildman–Crippen MR) is 146 cm³/mol. The average molecular weight is 521 g/mol. The molecule has 0 spiro atoms. The Balaban J connectivity index is 1.53. The molecule has 4 N–H and O–H groups in total. The molecule has 0 radical (unpaired) electrons.